The molecule has 0 aromatic carbocycles. The topological polar surface area (TPSA) is 76.9 Å². The van der Waals surface area contributed by atoms with E-state index >= 15 is 0 Å². The van der Waals surface area contributed by atoms with Gasteiger partial charge in [-0.3, -0.25) is 9.59 Å². The van der Waals surface area contributed by atoms with E-state index in [9.17, 15) is 9.59 Å². The van der Waals surface area contributed by atoms with Crippen LogP contribution in [0.15, 0.2) is 4.79 Å². The molecule has 1 unspecified atom stereocenters. The van der Waals surface area contributed by atoms with Gasteiger partial charge in [0.1, 0.15) is 9.88 Å². The average molecular weight is 395 g/mol. The highest BCUT2D eigenvalue weighted by molar-refractivity contribution is 7.99. The van der Waals surface area contributed by atoms with Gasteiger partial charge in [-0.25, -0.2) is 9.67 Å². The van der Waals surface area contributed by atoms with E-state index in [1.54, 1.807) is 14.0 Å². The van der Waals surface area contributed by atoms with Crippen molar-refractivity contribution in [1.82, 2.24) is 20.1 Å². The van der Waals surface area contributed by atoms with E-state index in [2.05, 4.69) is 22.3 Å². The number of rotatable bonds is 7. The Hall–Kier alpha value is -1.67. The molecular weight excluding hydrogens is 368 g/mol. The van der Waals surface area contributed by atoms with Crippen LogP contribution in [-0.4, -0.2) is 38.2 Å². The maximum Gasteiger partial charge on any atom is 0.277 e. The first-order valence-corrected chi connectivity index (χ1v) is 10.6. The fourth-order valence-corrected chi connectivity index (χ4v) is 4.45. The van der Waals surface area contributed by atoms with Crippen molar-refractivity contribution in [1.29, 1.82) is 0 Å². The predicted octanol–water partition coefficient (Wildman–Crippen LogP) is 3.09. The zero-order chi connectivity index (χ0) is 19.4. The van der Waals surface area contributed by atoms with Gasteiger partial charge in [0.15, 0.2) is 0 Å². The Bertz CT molecular complexity index is 858. The summed E-state index contributed by atoms with van der Waals surface area (Å²) < 4.78 is 1.32. The molecule has 8 heteroatoms. The molecular formula is C18H26N4O2S2. The second-order valence-electron chi connectivity index (χ2n) is 6.31. The molecule has 0 spiro atoms. The summed E-state index contributed by atoms with van der Waals surface area (Å²) in [6.45, 7) is 9.67. The lowest BCUT2D eigenvalue weighted by atomic mass is 10.1. The maximum atomic E-state index is 12.6. The monoisotopic (exact) mass is 394 g/mol. The minimum absolute atomic E-state index is 0.101. The standard InChI is InChI=1S/C18H26N4O2S2/c1-7-25-9-8-10(2)19-16(23)15-13(5)20-17(26-15)14-11(3)12(4)21-22(6)18(14)24/h10H,7-9H2,1-6H3,(H,19,23). The van der Waals surface area contributed by atoms with Gasteiger partial charge in [0, 0.05) is 13.1 Å². The fourth-order valence-electron chi connectivity index (χ4n) is 2.58. The van der Waals surface area contributed by atoms with Gasteiger partial charge >= 0.3 is 0 Å². The van der Waals surface area contributed by atoms with Crippen molar-refractivity contribution in [3.8, 4) is 10.6 Å². The van der Waals surface area contributed by atoms with Crippen molar-refractivity contribution in [3.63, 3.8) is 0 Å². The molecule has 1 amide bonds. The minimum Gasteiger partial charge on any atom is -0.349 e. The Morgan fingerprint density at radius 2 is 2.00 bits per heavy atom. The largest absolute Gasteiger partial charge is 0.349 e. The first-order chi connectivity index (χ1) is 12.3. The number of aryl methyl sites for hydroxylation is 3. The van der Waals surface area contributed by atoms with Crippen LogP contribution in [0.25, 0.3) is 10.6 Å². The molecule has 2 heterocycles. The van der Waals surface area contributed by atoms with Crippen LogP contribution < -0.4 is 10.9 Å². The van der Waals surface area contributed by atoms with Crippen LogP contribution >= 0.6 is 23.1 Å². The number of nitrogens with zero attached hydrogens (tertiary/aromatic N) is 3. The number of thioether (sulfide) groups is 1. The maximum absolute atomic E-state index is 12.6. The highest BCUT2D eigenvalue weighted by atomic mass is 32.2. The summed E-state index contributed by atoms with van der Waals surface area (Å²) in [7, 11) is 1.63. The Kier molecular flexibility index (Phi) is 7.00. The molecule has 1 N–H and O–H groups in total. The van der Waals surface area contributed by atoms with E-state index < -0.39 is 0 Å². The number of amides is 1. The average Bonchev–Trinajstić information content (AvgIpc) is 2.95. The number of nitrogens with one attached hydrogen (secondary N) is 1. The minimum atomic E-state index is -0.196. The Morgan fingerprint density at radius 1 is 1.31 bits per heavy atom. The van der Waals surface area contributed by atoms with E-state index in [0.717, 1.165) is 29.2 Å². The van der Waals surface area contributed by atoms with Gasteiger partial charge in [-0.2, -0.15) is 16.9 Å². The van der Waals surface area contributed by atoms with Crippen LogP contribution in [0.4, 0.5) is 0 Å². The van der Waals surface area contributed by atoms with Crippen LogP contribution in [0.5, 0.6) is 0 Å². The first-order valence-electron chi connectivity index (χ1n) is 8.67. The van der Waals surface area contributed by atoms with Crippen molar-refractivity contribution in [2.24, 2.45) is 7.05 Å². The molecule has 0 saturated carbocycles. The Morgan fingerprint density at radius 3 is 2.65 bits per heavy atom. The molecule has 0 saturated heterocycles. The SMILES string of the molecule is CCSCCC(C)NC(=O)c1sc(-c2c(C)c(C)nn(C)c2=O)nc1C. The van der Waals surface area contributed by atoms with Crippen molar-refractivity contribution in [2.45, 2.75) is 47.1 Å². The molecule has 0 aliphatic heterocycles. The summed E-state index contributed by atoms with van der Waals surface area (Å²) in [6.07, 6.45) is 0.929. The number of aromatic nitrogens is 3. The molecule has 0 fully saturated rings. The van der Waals surface area contributed by atoms with Gasteiger partial charge in [-0.15, -0.1) is 11.3 Å². The Labute approximate surface area is 162 Å². The molecule has 0 bridgehead atoms. The van der Waals surface area contributed by atoms with Gasteiger partial charge in [0.05, 0.1) is 17.0 Å². The van der Waals surface area contributed by atoms with E-state index in [-0.39, 0.29) is 17.5 Å². The summed E-state index contributed by atoms with van der Waals surface area (Å²) in [5.74, 6) is 1.98. The van der Waals surface area contributed by atoms with E-state index in [1.807, 2.05) is 32.5 Å². The van der Waals surface area contributed by atoms with Crippen LogP contribution in [0.2, 0.25) is 0 Å². The second-order valence-corrected chi connectivity index (χ2v) is 8.70. The highest BCUT2D eigenvalue weighted by Crippen LogP contribution is 2.28. The molecule has 142 valence electrons. The zero-order valence-electron chi connectivity index (χ0n) is 16.2. The van der Waals surface area contributed by atoms with Gasteiger partial charge in [-0.1, -0.05) is 6.92 Å². The number of carbonyl (C=O) groups is 1. The fraction of sp³-hybridized carbons (Fsp3) is 0.556. The first kappa shape index (κ1) is 20.6. The predicted molar refractivity (Wildman–Crippen MR) is 109 cm³/mol. The molecule has 0 aliphatic carbocycles. The summed E-state index contributed by atoms with van der Waals surface area (Å²) in [5.41, 5.74) is 2.56. The van der Waals surface area contributed by atoms with Crippen LogP contribution in [0, 0.1) is 20.8 Å². The van der Waals surface area contributed by atoms with Crippen molar-refractivity contribution in [2.75, 3.05) is 11.5 Å². The summed E-state index contributed by atoms with van der Waals surface area (Å²) in [6, 6.07) is 0.101. The van der Waals surface area contributed by atoms with Crippen LogP contribution in [-0.2, 0) is 7.05 Å². The van der Waals surface area contributed by atoms with Gasteiger partial charge in [0.25, 0.3) is 11.5 Å². The van der Waals surface area contributed by atoms with E-state index in [0.29, 0.717) is 21.1 Å². The molecule has 1 atom stereocenters. The molecule has 2 rings (SSSR count). The van der Waals surface area contributed by atoms with Crippen molar-refractivity contribution in [3.05, 3.63) is 32.2 Å². The molecule has 0 radical (unpaired) electrons. The summed E-state index contributed by atoms with van der Waals surface area (Å²) in [5, 5.41) is 7.81. The third-order valence-corrected chi connectivity index (χ3v) is 6.33. The third-order valence-electron chi connectivity index (χ3n) is 4.22. The van der Waals surface area contributed by atoms with Crippen LogP contribution in [0.1, 0.15) is 46.9 Å². The number of hydrogen-bond donors (Lipinski definition) is 1. The third kappa shape index (κ3) is 4.54. The normalized spacial score (nSPS) is 12.2. The van der Waals surface area contributed by atoms with Gasteiger partial charge in [0.2, 0.25) is 0 Å². The summed E-state index contributed by atoms with van der Waals surface area (Å²) >= 11 is 3.13. The van der Waals surface area contributed by atoms with Gasteiger partial charge < -0.3 is 5.32 Å². The number of carbonyl (C=O) groups excluding carboxylic acids is 1. The lowest BCUT2D eigenvalue weighted by Crippen LogP contribution is -2.32. The molecule has 6 nitrogen and oxygen atoms in total. The lowest BCUT2D eigenvalue weighted by molar-refractivity contribution is 0.0943. The second kappa shape index (κ2) is 8.81. The van der Waals surface area contributed by atoms with Crippen LogP contribution in [0.3, 0.4) is 0 Å². The number of hydrogen-bond acceptors (Lipinski definition) is 6. The number of thiazole rings is 1. The Balaban J connectivity index is 2.28. The smallest absolute Gasteiger partial charge is 0.277 e. The van der Waals surface area contributed by atoms with E-state index in [1.165, 1.54) is 16.0 Å². The summed E-state index contributed by atoms with van der Waals surface area (Å²) in [4.78, 5) is 30.2. The van der Waals surface area contributed by atoms with Gasteiger partial charge in [-0.05, 0) is 51.2 Å². The lowest BCUT2D eigenvalue weighted by Gasteiger charge is -2.12. The molecule has 26 heavy (non-hydrogen) atoms. The molecule has 0 aliphatic rings. The van der Waals surface area contributed by atoms with Crippen molar-refractivity contribution < 1.29 is 4.79 Å². The quantitative estimate of drug-likeness (QED) is 0.730. The van der Waals surface area contributed by atoms with E-state index in [4.69, 9.17) is 0 Å². The molecule has 2 aromatic rings. The van der Waals surface area contributed by atoms with Crippen molar-refractivity contribution >= 4 is 29.0 Å². The molecule has 2 aromatic heterocycles. The highest BCUT2D eigenvalue weighted by Gasteiger charge is 2.21. The zero-order valence-corrected chi connectivity index (χ0v) is 17.8.